The van der Waals surface area contributed by atoms with Crippen molar-refractivity contribution >= 4 is 11.9 Å². The number of carbonyl (C=O) groups excluding carboxylic acids is 1. The Bertz CT molecular complexity index is 527. The highest BCUT2D eigenvalue weighted by molar-refractivity contribution is 5.88. The molecule has 0 aliphatic rings. The van der Waals surface area contributed by atoms with Crippen LogP contribution in [0.3, 0.4) is 0 Å². The number of halogens is 3. The molecule has 0 heterocycles. The Hall–Kier alpha value is -2.25. The molecule has 0 saturated carbocycles. The Labute approximate surface area is 118 Å². The molecule has 1 unspecified atom stereocenters. The summed E-state index contributed by atoms with van der Waals surface area (Å²) in [5, 5.41) is 10.2. The second-order valence-electron chi connectivity index (χ2n) is 4.50. The van der Waals surface area contributed by atoms with Gasteiger partial charge >= 0.3 is 12.1 Å². The van der Waals surface area contributed by atoms with E-state index in [1.807, 2.05) is 0 Å². The largest absolute Gasteiger partial charge is 0.497 e. The Balaban J connectivity index is 2.81. The van der Waals surface area contributed by atoms with E-state index in [0.717, 1.165) is 0 Å². The normalized spacial score (nSPS) is 14.1. The average Bonchev–Trinajstić information content (AvgIpc) is 2.37. The standard InChI is InChI=1S/C13H14F3NO4/c1-12(11(19)20,13(14,15)16)17-10(18)7-8-3-5-9(21-2)6-4-8/h3-6H,7H2,1-2H3,(H,17,18)(H,19,20). The van der Waals surface area contributed by atoms with Gasteiger partial charge in [-0.3, -0.25) is 4.79 Å². The summed E-state index contributed by atoms with van der Waals surface area (Å²) in [5.74, 6) is -2.68. The lowest BCUT2D eigenvalue weighted by molar-refractivity contribution is -0.206. The zero-order chi connectivity index (χ0) is 16.3. The molecule has 0 bridgehead atoms. The van der Waals surface area contributed by atoms with Gasteiger partial charge in [-0.2, -0.15) is 13.2 Å². The summed E-state index contributed by atoms with van der Waals surface area (Å²) >= 11 is 0. The fourth-order valence-electron chi connectivity index (χ4n) is 1.50. The van der Waals surface area contributed by atoms with Gasteiger partial charge in [0.1, 0.15) is 5.75 Å². The zero-order valence-corrected chi connectivity index (χ0v) is 11.3. The predicted molar refractivity (Wildman–Crippen MR) is 66.9 cm³/mol. The van der Waals surface area contributed by atoms with Crippen molar-refractivity contribution in [3.63, 3.8) is 0 Å². The SMILES string of the molecule is COc1ccc(CC(=O)NC(C)(C(=O)O)C(F)(F)F)cc1. The van der Waals surface area contributed by atoms with Gasteiger partial charge in [0.05, 0.1) is 13.5 Å². The lowest BCUT2D eigenvalue weighted by Crippen LogP contribution is -2.62. The van der Waals surface area contributed by atoms with Gasteiger partial charge in [-0.15, -0.1) is 0 Å². The van der Waals surface area contributed by atoms with Gasteiger partial charge in [0, 0.05) is 0 Å². The Morgan fingerprint density at radius 1 is 1.24 bits per heavy atom. The van der Waals surface area contributed by atoms with Crippen molar-refractivity contribution in [1.82, 2.24) is 5.32 Å². The highest BCUT2D eigenvalue weighted by atomic mass is 19.4. The number of hydrogen-bond acceptors (Lipinski definition) is 3. The van der Waals surface area contributed by atoms with E-state index in [1.54, 1.807) is 12.1 Å². The summed E-state index contributed by atoms with van der Waals surface area (Å²) in [7, 11) is 1.45. The van der Waals surface area contributed by atoms with Crippen LogP contribution >= 0.6 is 0 Å². The summed E-state index contributed by atoms with van der Waals surface area (Å²) in [6, 6.07) is 6.10. The summed E-state index contributed by atoms with van der Waals surface area (Å²) in [4.78, 5) is 22.4. The highest BCUT2D eigenvalue weighted by Crippen LogP contribution is 2.30. The van der Waals surface area contributed by atoms with Crippen molar-refractivity contribution in [2.75, 3.05) is 7.11 Å². The molecule has 2 N–H and O–H groups in total. The lowest BCUT2D eigenvalue weighted by atomic mass is 10.0. The van der Waals surface area contributed by atoms with Crippen LogP contribution in [0.15, 0.2) is 24.3 Å². The van der Waals surface area contributed by atoms with Crippen molar-refractivity contribution in [3.8, 4) is 5.75 Å². The number of nitrogens with one attached hydrogen (secondary N) is 1. The van der Waals surface area contributed by atoms with Gasteiger partial charge < -0.3 is 15.2 Å². The quantitative estimate of drug-likeness (QED) is 0.869. The molecule has 21 heavy (non-hydrogen) atoms. The second kappa shape index (κ2) is 6.02. The van der Waals surface area contributed by atoms with E-state index >= 15 is 0 Å². The van der Waals surface area contributed by atoms with E-state index in [0.29, 0.717) is 18.2 Å². The van der Waals surface area contributed by atoms with Gasteiger partial charge in [0.15, 0.2) is 0 Å². The molecule has 1 rings (SSSR count). The third-order valence-electron chi connectivity index (χ3n) is 2.91. The summed E-state index contributed by atoms with van der Waals surface area (Å²) in [6.45, 7) is 0.404. The molecule has 0 aliphatic heterocycles. The molecular weight excluding hydrogens is 291 g/mol. The molecule has 8 heteroatoms. The molecule has 5 nitrogen and oxygen atoms in total. The van der Waals surface area contributed by atoms with Gasteiger partial charge in [-0.25, -0.2) is 4.79 Å². The number of carbonyl (C=O) groups is 2. The number of hydrogen-bond donors (Lipinski definition) is 2. The number of carboxylic acid groups (broad SMARTS) is 1. The van der Waals surface area contributed by atoms with Crippen LogP contribution in [-0.4, -0.2) is 35.8 Å². The molecule has 1 aromatic carbocycles. The lowest BCUT2D eigenvalue weighted by Gasteiger charge is -2.28. The Kier molecular flexibility index (Phi) is 4.82. The third-order valence-corrected chi connectivity index (χ3v) is 2.91. The monoisotopic (exact) mass is 305 g/mol. The Morgan fingerprint density at radius 2 is 1.76 bits per heavy atom. The molecule has 1 aromatic rings. The van der Waals surface area contributed by atoms with Crippen LogP contribution < -0.4 is 10.1 Å². The molecule has 0 saturated heterocycles. The molecule has 0 radical (unpaired) electrons. The second-order valence-corrected chi connectivity index (χ2v) is 4.50. The van der Waals surface area contributed by atoms with E-state index in [-0.39, 0.29) is 6.42 Å². The first-order chi connectivity index (χ1) is 9.60. The molecule has 116 valence electrons. The van der Waals surface area contributed by atoms with Crippen molar-refractivity contribution in [2.24, 2.45) is 0 Å². The maximum Gasteiger partial charge on any atom is 0.422 e. The molecule has 0 aromatic heterocycles. The topological polar surface area (TPSA) is 75.6 Å². The van der Waals surface area contributed by atoms with E-state index < -0.39 is 23.6 Å². The smallest absolute Gasteiger partial charge is 0.422 e. The first-order valence-corrected chi connectivity index (χ1v) is 5.84. The van der Waals surface area contributed by atoms with Gasteiger partial charge in [-0.1, -0.05) is 12.1 Å². The maximum absolute atomic E-state index is 12.7. The van der Waals surface area contributed by atoms with Crippen molar-refractivity contribution in [1.29, 1.82) is 0 Å². The summed E-state index contributed by atoms with van der Waals surface area (Å²) < 4.78 is 43.1. The average molecular weight is 305 g/mol. The van der Waals surface area contributed by atoms with E-state index in [4.69, 9.17) is 9.84 Å². The van der Waals surface area contributed by atoms with Crippen LogP contribution in [0.25, 0.3) is 0 Å². The Morgan fingerprint density at radius 3 is 2.14 bits per heavy atom. The molecule has 0 spiro atoms. The fraction of sp³-hybridized carbons (Fsp3) is 0.385. The zero-order valence-electron chi connectivity index (χ0n) is 11.3. The minimum Gasteiger partial charge on any atom is -0.497 e. The predicted octanol–water partition coefficient (Wildman–Crippen LogP) is 1.76. The number of methoxy groups -OCH3 is 1. The molecule has 0 fully saturated rings. The number of amides is 1. The van der Waals surface area contributed by atoms with Crippen LogP contribution in [-0.2, 0) is 16.0 Å². The fourth-order valence-corrected chi connectivity index (χ4v) is 1.50. The van der Waals surface area contributed by atoms with Crippen molar-refractivity contribution in [2.45, 2.75) is 25.1 Å². The minimum absolute atomic E-state index is 0.372. The first kappa shape index (κ1) is 16.8. The van der Waals surface area contributed by atoms with Gasteiger partial charge in [0.2, 0.25) is 11.4 Å². The van der Waals surface area contributed by atoms with Crippen LogP contribution in [0, 0.1) is 0 Å². The maximum atomic E-state index is 12.7. The molecule has 1 amide bonds. The van der Waals surface area contributed by atoms with E-state index in [2.05, 4.69) is 0 Å². The number of alkyl halides is 3. The van der Waals surface area contributed by atoms with Crippen LogP contribution in [0.4, 0.5) is 13.2 Å². The molecule has 1 atom stereocenters. The first-order valence-electron chi connectivity index (χ1n) is 5.84. The number of carboxylic acids is 1. The summed E-state index contributed by atoms with van der Waals surface area (Å²) in [5.41, 5.74) is -2.89. The number of aliphatic carboxylic acids is 1. The van der Waals surface area contributed by atoms with Gasteiger partial charge in [0.25, 0.3) is 0 Å². The van der Waals surface area contributed by atoms with E-state index in [9.17, 15) is 22.8 Å². The third kappa shape index (κ3) is 3.87. The summed E-state index contributed by atoms with van der Waals surface area (Å²) in [6.07, 6.45) is -5.47. The molecule has 0 aliphatic carbocycles. The highest BCUT2D eigenvalue weighted by Gasteiger charge is 2.58. The van der Waals surface area contributed by atoms with E-state index in [1.165, 1.54) is 24.6 Å². The number of benzene rings is 1. The van der Waals surface area contributed by atoms with Crippen LogP contribution in [0.5, 0.6) is 5.75 Å². The van der Waals surface area contributed by atoms with Crippen LogP contribution in [0.2, 0.25) is 0 Å². The van der Waals surface area contributed by atoms with Crippen molar-refractivity contribution < 1.29 is 32.6 Å². The van der Waals surface area contributed by atoms with Crippen LogP contribution in [0.1, 0.15) is 12.5 Å². The van der Waals surface area contributed by atoms with Gasteiger partial charge in [-0.05, 0) is 24.6 Å². The number of rotatable bonds is 5. The van der Waals surface area contributed by atoms with Crippen molar-refractivity contribution in [3.05, 3.63) is 29.8 Å². The number of ether oxygens (including phenoxy) is 1. The minimum atomic E-state index is -5.10. The molecular formula is C13H14F3NO4.